The SMILES string of the molecule is CC(C)Oc1cccc(NC(=O)[C@@H](C)N(c2cccc([N+](=O)[O-])c2)S(C)(=O)=O)c1. The summed E-state index contributed by atoms with van der Waals surface area (Å²) >= 11 is 0. The molecule has 0 saturated heterocycles. The second kappa shape index (κ2) is 8.91. The van der Waals surface area contributed by atoms with Crippen LogP contribution in [0.2, 0.25) is 0 Å². The average molecular weight is 421 g/mol. The van der Waals surface area contributed by atoms with Gasteiger partial charge >= 0.3 is 0 Å². The van der Waals surface area contributed by atoms with Crippen LogP contribution in [-0.4, -0.2) is 37.6 Å². The maximum absolute atomic E-state index is 12.7. The summed E-state index contributed by atoms with van der Waals surface area (Å²) in [5.74, 6) is -0.0345. The Bertz CT molecular complexity index is 1010. The number of nitro benzene ring substituents is 1. The van der Waals surface area contributed by atoms with E-state index in [1.807, 2.05) is 13.8 Å². The van der Waals surface area contributed by atoms with E-state index in [0.717, 1.165) is 16.6 Å². The van der Waals surface area contributed by atoms with E-state index in [-0.39, 0.29) is 17.5 Å². The van der Waals surface area contributed by atoms with Crippen LogP contribution >= 0.6 is 0 Å². The molecule has 1 atom stereocenters. The molecule has 0 unspecified atom stereocenters. The number of nitro groups is 1. The van der Waals surface area contributed by atoms with Gasteiger partial charge in [0.25, 0.3) is 5.69 Å². The van der Waals surface area contributed by atoms with E-state index in [0.29, 0.717) is 11.4 Å². The summed E-state index contributed by atoms with van der Waals surface area (Å²) in [4.78, 5) is 23.1. The van der Waals surface area contributed by atoms with Crippen molar-refractivity contribution >= 4 is 33.0 Å². The Morgan fingerprint density at radius 2 is 1.79 bits per heavy atom. The maximum atomic E-state index is 12.7. The average Bonchev–Trinajstić information content (AvgIpc) is 2.60. The Morgan fingerprint density at radius 1 is 1.14 bits per heavy atom. The molecule has 2 aromatic carbocycles. The first-order chi connectivity index (χ1) is 13.5. The van der Waals surface area contributed by atoms with Crippen molar-refractivity contribution in [3.05, 3.63) is 58.6 Å². The molecule has 1 N–H and O–H groups in total. The lowest BCUT2D eigenvalue weighted by Gasteiger charge is -2.28. The first-order valence-electron chi connectivity index (χ1n) is 8.80. The third kappa shape index (κ3) is 5.92. The zero-order valence-electron chi connectivity index (χ0n) is 16.5. The van der Waals surface area contributed by atoms with Gasteiger partial charge in [-0.1, -0.05) is 12.1 Å². The van der Waals surface area contributed by atoms with Crippen molar-refractivity contribution in [2.24, 2.45) is 0 Å². The van der Waals surface area contributed by atoms with Crippen molar-refractivity contribution in [3.8, 4) is 5.75 Å². The molecule has 0 heterocycles. The van der Waals surface area contributed by atoms with Crippen LogP contribution in [0, 0.1) is 10.1 Å². The first kappa shape index (κ1) is 22.2. The number of anilines is 2. The van der Waals surface area contributed by atoms with Crippen molar-refractivity contribution in [1.82, 2.24) is 0 Å². The second-order valence-electron chi connectivity index (χ2n) is 6.70. The maximum Gasteiger partial charge on any atom is 0.271 e. The molecule has 0 aliphatic rings. The number of carbonyl (C=O) groups excluding carboxylic acids is 1. The van der Waals surface area contributed by atoms with Crippen LogP contribution in [0.5, 0.6) is 5.75 Å². The Balaban J connectivity index is 2.30. The van der Waals surface area contributed by atoms with E-state index in [2.05, 4.69) is 5.32 Å². The molecule has 2 rings (SSSR count). The van der Waals surface area contributed by atoms with E-state index in [1.54, 1.807) is 24.3 Å². The molecule has 0 aliphatic carbocycles. The van der Waals surface area contributed by atoms with E-state index < -0.39 is 26.9 Å². The van der Waals surface area contributed by atoms with Gasteiger partial charge in [0.1, 0.15) is 11.8 Å². The molecule has 156 valence electrons. The van der Waals surface area contributed by atoms with Gasteiger partial charge in [-0.05, 0) is 39.0 Å². The molecule has 0 spiro atoms. The zero-order chi connectivity index (χ0) is 21.8. The summed E-state index contributed by atoms with van der Waals surface area (Å²) in [7, 11) is -3.90. The molecular weight excluding hydrogens is 398 g/mol. The molecule has 0 aliphatic heterocycles. The van der Waals surface area contributed by atoms with Gasteiger partial charge in [-0.25, -0.2) is 8.42 Å². The Hall–Kier alpha value is -3.14. The molecule has 0 fully saturated rings. The van der Waals surface area contributed by atoms with Crippen LogP contribution in [0.15, 0.2) is 48.5 Å². The monoisotopic (exact) mass is 421 g/mol. The predicted molar refractivity (Wildman–Crippen MR) is 111 cm³/mol. The topological polar surface area (TPSA) is 119 Å². The molecule has 0 bridgehead atoms. The van der Waals surface area contributed by atoms with Crippen molar-refractivity contribution in [3.63, 3.8) is 0 Å². The van der Waals surface area contributed by atoms with Crippen molar-refractivity contribution in [2.45, 2.75) is 32.9 Å². The largest absolute Gasteiger partial charge is 0.491 e. The van der Waals surface area contributed by atoms with Gasteiger partial charge in [0.05, 0.1) is 23.0 Å². The molecule has 29 heavy (non-hydrogen) atoms. The molecule has 0 radical (unpaired) electrons. The molecule has 10 heteroatoms. The Kier molecular flexibility index (Phi) is 6.80. The van der Waals surface area contributed by atoms with Gasteiger partial charge in [-0.2, -0.15) is 0 Å². The summed E-state index contributed by atoms with van der Waals surface area (Å²) in [6.07, 6.45) is 0.890. The fraction of sp³-hybridized carbons (Fsp3) is 0.316. The van der Waals surface area contributed by atoms with Gasteiger partial charge in [0.2, 0.25) is 15.9 Å². The lowest BCUT2D eigenvalue weighted by atomic mass is 10.2. The fourth-order valence-corrected chi connectivity index (χ4v) is 3.89. The smallest absolute Gasteiger partial charge is 0.271 e. The zero-order valence-corrected chi connectivity index (χ0v) is 17.3. The number of hydrogen-bond acceptors (Lipinski definition) is 6. The van der Waals surface area contributed by atoms with Crippen LogP contribution in [0.25, 0.3) is 0 Å². The minimum atomic E-state index is -3.90. The van der Waals surface area contributed by atoms with Gasteiger partial charge in [-0.3, -0.25) is 19.2 Å². The summed E-state index contributed by atoms with van der Waals surface area (Å²) in [5, 5.41) is 13.7. The number of sulfonamides is 1. The number of hydrogen-bond donors (Lipinski definition) is 1. The van der Waals surface area contributed by atoms with E-state index in [4.69, 9.17) is 4.74 Å². The molecular formula is C19H23N3O6S. The number of benzene rings is 2. The summed E-state index contributed by atoms with van der Waals surface area (Å²) in [6, 6.07) is 10.7. The predicted octanol–water partition coefficient (Wildman–Crippen LogP) is 3.18. The lowest BCUT2D eigenvalue weighted by molar-refractivity contribution is -0.384. The van der Waals surface area contributed by atoms with Crippen LogP contribution in [-0.2, 0) is 14.8 Å². The Labute approximate surface area is 169 Å². The van der Waals surface area contributed by atoms with Crippen LogP contribution < -0.4 is 14.4 Å². The van der Waals surface area contributed by atoms with Gasteiger partial charge < -0.3 is 10.1 Å². The van der Waals surface area contributed by atoms with Crippen LogP contribution in [0.1, 0.15) is 20.8 Å². The number of amides is 1. The van der Waals surface area contributed by atoms with Gasteiger partial charge in [-0.15, -0.1) is 0 Å². The standard InChI is InChI=1S/C19H23N3O6S/c1-13(2)28-18-10-5-7-15(11-18)20-19(23)14(3)21(29(4,26)27)16-8-6-9-17(12-16)22(24)25/h5-14H,1-4H3,(H,20,23)/t14-/m1/s1. The van der Waals surface area contributed by atoms with Crippen LogP contribution in [0.3, 0.4) is 0 Å². The van der Waals surface area contributed by atoms with Crippen molar-refractivity contribution < 1.29 is 22.9 Å². The number of nitrogens with zero attached hydrogens (tertiary/aromatic N) is 2. The molecule has 0 aromatic heterocycles. The summed E-state index contributed by atoms with van der Waals surface area (Å²) in [6.45, 7) is 5.15. The minimum absolute atomic E-state index is 0.0289. The molecule has 1 amide bonds. The number of carbonyl (C=O) groups is 1. The number of ether oxygens (including phenoxy) is 1. The highest BCUT2D eigenvalue weighted by atomic mass is 32.2. The van der Waals surface area contributed by atoms with Crippen LogP contribution in [0.4, 0.5) is 17.1 Å². The van der Waals surface area contributed by atoms with E-state index >= 15 is 0 Å². The summed E-state index contributed by atoms with van der Waals surface area (Å²) in [5.41, 5.74) is 0.191. The quantitative estimate of drug-likeness (QED) is 0.516. The molecule has 0 saturated carbocycles. The van der Waals surface area contributed by atoms with Gasteiger partial charge in [0.15, 0.2) is 0 Å². The third-order valence-corrected chi connectivity index (χ3v) is 5.10. The van der Waals surface area contributed by atoms with Crippen molar-refractivity contribution in [1.29, 1.82) is 0 Å². The highest BCUT2D eigenvalue weighted by molar-refractivity contribution is 7.92. The second-order valence-corrected chi connectivity index (χ2v) is 8.55. The fourth-order valence-electron chi connectivity index (χ4n) is 2.72. The molecule has 2 aromatic rings. The highest BCUT2D eigenvalue weighted by Crippen LogP contribution is 2.26. The van der Waals surface area contributed by atoms with Gasteiger partial charge in [0, 0.05) is 23.9 Å². The number of nitrogens with one attached hydrogen (secondary N) is 1. The highest BCUT2D eigenvalue weighted by Gasteiger charge is 2.30. The first-order valence-corrected chi connectivity index (χ1v) is 10.7. The van der Waals surface area contributed by atoms with E-state index in [9.17, 15) is 23.3 Å². The number of rotatable bonds is 8. The normalized spacial score (nSPS) is 12.3. The van der Waals surface area contributed by atoms with E-state index in [1.165, 1.54) is 25.1 Å². The Morgan fingerprint density at radius 3 is 2.38 bits per heavy atom. The van der Waals surface area contributed by atoms with Crippen molar-refractivity contribution in [2.75, 3.05) is 15.9 Å². The third-order valence-electron chi connectivity index (χ3n) is 3.86. The lowest BCUT2D eigenvalue weighted by Crippen LogP contribution is -2.45. The number of non-ortho nitro benzene ring substituents is 1. The molecule has 9 nitrogen and oxygen atoms in total. The minimum Gasteiger partial charge on any atom is -0.491 e. The summed E-state index contributed by atoms with van der Waals surface area (Å²) < 4.78 is 31.1.